The minimum atomic E-state index is -0.265. The number of aromatic nitrogens is 3. The van der Waals surface area contributed by atoms with Crippen LogP contribution in [0.25, 0.3) is 6.08 Å². The highest BCUT2D eigenvalue weighted by Crippen LogP contribution is 2.13. The number of rotatable bonds is 8. The summed E-state index contributed by atoms with van der Waals surface area (Å²) in [7, 11) is 0. The first kappa shape index (κ1) is 17.1. The van der Waals surface area contributed by atoms with Crippen LogP contribution in [0.5, 0.6) is 0 Å². The molecule has 0 atom stereocenters. The monoisotopic (exact) mass is 332 g/mol. The summed E-state index contributed by atoms with van der Waals surface area (Å²) in [5, 5.41) is 8.67. The van der Waals surface area contributed by atoms with Crippen molar-refractivity contribution in [3.05, 3.63) is 65.9 Å². The lowest BCUT2D eigenvalue weighted by Crippen LogP contribution is -2.06. The predicted octanol–water partition coefficient (Wildman–Crippen LogP) is 3.29. The Balaban J connectivity index is 1.84. The summed E-state index contributed by atoms with van der Waals surface area (Å²) in [6.45, 7) is 5.82. The number of hydroxylamine groups is 1. The normalized spacial score (nSPS) is 10.9. The van der Waals surface area contributed by atoms with Crippen LogP contribution in [-0.2, 0) is 11.4 Å². The lowest BCUT2D eigenvalue weighted by atomic mass is 10.2. The van der Waals surface area contributed by atoms with Crippen LogP contribution >= 0.6 is 11.8 Å². The summed E-state index contributed by atoms with van der Waals surface area (Å²) < 4.78 is 12.8. The van der Waals surface area contributed by atoms with E-state index in [0.29, 0.717) is 17.5 Å². The number of nitrogens with zero attached hydrogens (tertiary/aromatic N) is 3. The zero-order chi connectivity index (χ0) is 16.5. The van der Waals surface area contributed by atoms with Gasteiger partial charge < -0.3 is 0 Å². The van der Waals surface area contributed by atoms with Gasteiger partial charge in [-0.1, -0.05) is 30.0 Å². The summed E-state index contributed by atoms with van der Waals surface area (Å²) in [4.78, 5) is 9.67. The summed E-state index contributed by atoms with van der Waals surface area (Å²) in [5.41, 5.74) is 5.01. The van der Waals surface area contributed by atoms with E-state index in [0.717, 1.165) is 17.0 Å². The Labute approximate surface area is 138 Å². The van der Waals surface area contributed by atoms with Gasteiger partial charge in [-0.15, -0.1) is 11.7 Å². The van der Waals surface area contributed by atoms with Gasteiger partial charge in [0, 0.05) is 12.0 Å². The minimum absolute atomic E-state index is 0.265. The van der Waals surface area contributed by atoms with Gasteiger partial charge in [0.1, 0.15) is 5.82 Å². The average Bonchev–Trinajstić information content (AvgIpc) is 2.56. The topological polar surface area (TPSA) is 59.9 Å². The first-order valence-corrected chi connectivity index (χ1v) is 7.91. The van der Waals surface area contributed by atoms with E-state index in [2.05, 4.69) is 27.2 Å². The van der Waals surface area contributed by atoms with Crippen molar-refractivity contribution in [2.24, 2.45) is 0 Å². The fraction of sp³-hybridized carbons (Fsp3) is 0.188. The fourth-order valence-electron chi connectivity index (χ4n) is 1.59. The zero-order valence-corrected chi connectivity index (χ0v) is 13.5. The lowest BCUT2D eigenvalue weighted by molar-refractivity contribution is 0.0581. The summed E-state index contributed by atoms with van der Waals surface area (Å²) in [6.07, 6.45) is 5.17. The number of aryl methyl sites for hydroxylation is 1. The predicted molar refractivity (Wildman–Crippen MR) is 88.8 cm³/mol. The van der Waals surface area contributed by atoms with Gasteiger partial charge in [-0.25, -0.2) is 9.37 Å². The van der Waals surface area contributed by atoms with Gasteiger partial charge in [0.2, 0.25) is 5.16 Å². The van der Waals surface area contributed by atoms with Gasteiger partial charge in [-0.2, -0.15) is 5.10 Å². The number of halogens is 1. The van der Waals surface area contributed by atoms with Gasteiger partial charge in [0.05, 0.1) is 18.0 Å². The molecular formula is C16H17FN4OS. The van der Waals surface area contributed by atoms with Crippen molar-refractivity contribution >= 4 is 17.8 Å². The highest BCUT2D eigenvalue weighted by atomic mass is 32.2. The van der Waals surface area contributed by atoms with E-state index in [9.17, 15) is 4.39 Å². The molecule has 1 aromatic heterocycles. The van der Waals surface area contributed by atoms with Crippen LogP contribution in [0.2, 0.25) is 0 Å². The van der Waals surface area contributed by atoms with E-state index in [4.69, 9.17) is 4.84 Å². The van der Waals surface area contributed by atoms with E-state index in [1.165, 1.54) is 23.9 Å². The van der Waals surface area contributed by atoms with Crippen LogP contribution in [0.15, 0.2) is 48.3 Å². The van der Waals surface area contributed by atoms with Crippen molar-refractivity contribution < 1.29 is 9.23 Å². The molecule has 0 aliphatic carbocycles. The maximum atomic E-state index is 12.8. The Kier molecular flexibility index (Phi) is 6.71. The molecule has 7 heteroatoms. The van der Waals surface area contributed by atoms with Crippen LogP contribution < -0.4 is 5.48 Å². The molecule has 120 valence electrons. The van der Waals surface area contributed by atoms with Gasteiger partial charge in [-0.3, -0.25) is 10.3 Å². The van der Waals surface area contributed by atoms with E-state index in [-0.39, 0.29) is 5.82 Å². The van der Waals surface area contributed by atoms with Crippen LogP contribution in [0.4, 0.5) is 4.39 Å². The first-order valence-electron chi connectivity index (χ1n) is 6.92. The second kappa shape index (κ2) is 9.02. The largest absolute Gasteiger partial charge is 0.274 e. The standard InChI is InChI=1S/C16H17FN4OS/c1-3-10-23-16-19-15(12(2)20-21-16)8-9-18-22-11-13-4-6-14(17)7-5-13/h3-9,18H,1,10-11H2,2H3/b9-8+. The Morgan fingerprint density at radius 3 is 2.83 bits per heavy atom. The second-order valence-corrected chi connectivity index (χ2v) is 5.52. The third kappa shape index (κ3) is 5.80. The Bertz CT molecular complexity index is 676. The van der Waals surface area contributed by atoms with Gasteiger partial charge in [0.25, 0.3) is 0 Å². The molecule has 1 heterocycles. The molecule has 0 unspecified atom stereocenters. The molecule has 5 nitrogen and oxygen atoms in total. The maximum Gasteiger partial charge on any atom is 0.209 e. The molecule has 0 saturated heterocycles. The van der Waals surface area contributed by atoms with Gasteiger partial charge in [-0.05, 0) is 30.7 Å². The van der Waals surface area contributed by atoms with Crippen molar-refractivity contribution in [1.29, 1.82) is 0 Å². The summed E-state index contributed by atoms with van der Waals surface area (Å²) in [5.74, 6) is 0.464. The van der Waals surface area contributed by atoms with Crippen molar-refractivity contribution in [1.82, 2.24) is 20.7 Å². The smallest absolute Gasteiger partial charge is 0.209 e. The SMILES string of the molecule is C=CCSc1nnc(C)c(/C=C/NOCc2ccc(F)cc2)n1. The van der Waals surface area contributed by atoms with Crippen LogP contribution in [0.3, 0.4) is 0 Å². The molecule has 0 aliphatic rings. The molecule has 2 aromatic rings. The highest BCUT2D eigenvalue weighted by molar-refractivity contribution is 7.99. The van der Waals surface area contributed by atoms with Crippen molar-refractivity contribution in [2.45, 2.75) is 18.7 Å². The van der Waals surface area contributed by atoms with Crippen LogP contribution in [0, 0.1) is 12.7 Å². The number of nitrogens with one attached hydrogen (secondary N) is 1. The lowest BCUT2D eigenvalue weighted by Gasteiger charge is -2.04. The third-order valence-corrected chi connectivity index (χ3v) is 3.58. The second-order valence-electron chi connectivity index (χ2n) is 4.53. The van der Waals surface area contributed by atoms with E-state index in [1.54, 1.807) is 30.5 Å². The zero-order valence-electron chi connectivity index (χ0n) is 12.7. The Morgan fingerprint density at radius 1 is 1.30 bits per heavy atom. The molecular weight excluding hydrogens is 315 g/mol. The van der Waals surface area contributed by atoms with Crippen LogP contribution in [0.1, 0.15) is 17.0 Å². The molecule has 23 heavy (non-hydrogen) atoms. The molecule has 2 rings (SSSR count). The third-order valence-electron chi connectivity index (χ3n) is 2.75. The van der Waals surface area contributed by atoms with Crippen LogP contribution in [-0.4, -0.2) is 20.9 Å². The van der Waals surface area contributed by atoms with Gasteiger partial charge >= 0.3 is 0 Å². The van der Waals surface area contributed by atoms with E-state index < -0.39 is 0 Å². The first-order chi connectivity index (χ1) is 11.2. The van der Waals surface area contributed by atoms with Crippen molar-refractivity contribution in [3.8, 4) is 0 Å². The van der Waals surface area contributed by atoms with E-state index >= 15 is 0 Å². The molecule has 1 N–H and O–H groups in total. The quantitative estimate of drug-likeness (QED) is 0.346. The molecule has 0 fully saturated rings. The number of thioether (sulfide) groups is 1. The molecule has 0 amide bonds. The molecule has 0 bridgehead atoms. The number of benzene rings is 1. The fourth-order valence-corrected chi connectivity index (χ4v) is 2.12. The summed E-state index contributed by atoms with van der Waals surface area (Å²) >= 11 is 1.47. The van der Waals surface area contributed by atoms with Crippen molar-refractivity contribution in [2.75, 3.05) is 5.75 Å². The highest BCUT2D eigenvalue weighted by Gasteiger charge is 2.02. The number of hydrogen-bond acceptors (Lipinski definition) is 6. The van der Waals surface area contributed by atoms with E-state index in [1.807, 2.05) is 6.92 Å². The molecule has 0 saturated carbocycles. The Hall–Kier alpha value is -2.25. The molecule has 0 aliphatic heterocycles. The van der Waals surface area contributed by atoms with Crippen molar-refractivity contribution in [3.63, 3.8) is 0 Å². The minimum Gasteiger partial charge on any atom is -0.274 e. The average molecular weight is 332 g/mol. The molecule has 0 radical (unpaired) electrons. The maximum absolute atomic E-state index is 12.8. The van der Waals surface area contributed by atoms with Gasteiger partial charge in [0.15, 0.2) is 0 Å². The molecule has 1 aromatic carbocycles. The Morgan fingerprint density at radius 2 is 2.09 bits per heavy atom. The number of hydrogen-bond donors (Lipinski definition) is 1. The summed E-state index contributed by atoms with van der Waals surface area (Å²) in [6, 6.07) is 6.13. The molecule has 0 spiro atoms.